The van der Waals surface area contributed by atoms with E-state index in [0.717, 1.165) is 44.9 Å². The molecule has 0 aromatic carbocycles. The van der Waals surface area contributed by atoms with Crippen LogP contribution in [0.25, 0.3) is 0 Å². The van der Waals surface area contributed by atoms with Crippen molar-refractivity contribution in [3.63, 3.8) is 0 Å². The van der Waals surface area contributed by atoms with Crippen LogP contribution in [-0.2, 0) is 12.8 Å². The molecule has 0 atom stereocenters. The van der Waals surface area contributed by atoms with Crippen LogP contribution in [0.5, 0.6) is 0 Å². The molecule has 0 saturated carbocycles. The van der Waals surface area contributed by atoms with Gasteiger partial charge >= 0.3 is 0 Å². The molecule has 6 heteroatoms. The van der Waals surface area contributed by atoms with E-state index in [2.05, 4.69) is 41.4 Å². The maximum atomic E-state index is 4.46. The Morgan fingerprint density at radius 1 is 1.32 bits per heavy atom. The van der Waals surface area contributed by atoms with Crippen LogP contribution in [-0.4, -0.2) is 30.6 Å². The molecule has 1 heterocycles. The molecule has 19 heavy (non-hydrogen) atoms. The van der Waals surface area contributed by atoms with Crippen molar-refractivity contribution >= 4 is 41.3 Å². The number of aryl methyl sites for hydroxylation is 1. The minimum absolute atomic E-state index is 0. The first-order valence-electron chi connectivity index (χ1n) is 6.75. The first-order valence-corrected chi connectivity index (χ1v) is 7.57. The van der Waals surface area contributed by atoms with Gasteiger partial charge in [-0.15, -0.1) is 35.3 Å². The number of thiazole rings is 1. The number of hydrogen-bond donors (Lipinski definition) is 2. The third-order valence-corrected chi connectivity index (χ3v) is 3.62. The summed E-state index contributed by atoms with van der Waals surface area (Å²) in [5.41, 5.74) is 0. The zero-order valence-electron chi connectivity index (χ0n) is 12.0. The van der Waals surface area contributed by atoms with E-state index in [1.807, 2.05) is 6.20 Å². The van der Waals surface area contributed by atoms with Crippen LogP contribution in [0.4, 0.5) is 0 Å². The van der Waals surface area contributed by atoms with Crippen molar-refractivity contribution in [3.8, 4) is 0 Å². The summed E-state index contributed by atoms with van der Waals surface area (Å²) in [6, 6.07) is 0. The molecule has 1 rings (SSSR count). The maximum absolute atomic E-state index is 4.46. The van der Waals surface area contributed by atoms with Crippen LogP contribution in [0.2, 0.25) is 0 Å². The van der Waals surface area contributed by atoms with E-state index < -0.39 is 0 Å². The van der Waals surface area contributed by atoms with Gasteiger partial charge in [0.1, 0.15) is 0 Å². The molecule has 0 saturated heterocycles. The van der Waals surface area contributed by atoms with Crippen LogP contribution in [0.15, 0.2) is 11.2 Å². The van der Waals surface area contributed by atoms with Crippen molar-refractivity contribution in [1.82, 2.24) is 15.6 Å². The third kappa shape index (κ3) is 7.71. The van der Waals surface area contributed by atoms with Gasteiger partial charge in [-0.2, -0.15) is 0 Å². The molecule has 0 amide bonds. The Kier molecular flexibility index (Phi) is 11.2. The summed E-state index contributed by atoms with van der Waals surface area (Å²) in [6.07, 6.45) is 5.09. The molecule has 4 nitrogen and oxygen atoms in total. The summed E-state index contributed by atoms with van der Waals surface area (Å²) in [7, 11) is 0. The zero-order chi connectivity index (χ0) is 13.2. The van der Waals surface area contributed by atoms with Crippen molar-refractivity contribution < 1.29 is 0 Å². The highest BCUT2D eigenvalue weighted by molar-refractivity contribution is 14.0. The average molecular weight is 396 g/mol. The van der Waals surface area contributed by atoms with Crippen molar-refractivity contribution in [2.45, 2.75) is 40.0 Å². The number of rotatable bonds is 7. The van der Waals surface area contributed by atoms with Gasteiger partial charge in [0.15, 0.2) is 5.96 Å². The Labute approximate surface area is 137 Å². The molecule has 0 aliphatic rings. The fraction of sp³-hybridized carbons (Fsp3) is 0.692. The molecule has 1 aromatic heterocycles. The second kappa shape index (κ2) is 11.5. The average Bonchev–Trinajstić information content (AvgIpc) is 2.84. The lowest BCUT2D eigenvalue weighted by atomic mass is 10.4. The van der Waals surface area contributed by atoms with Gasteiger partial charge in [0.2, 0.25) is 0 Å². The highest BCUT2D eigenvalue weighted by Crippen LogP contribution is 2.13. The molecular formula is C13H25IN4S. The minimum Gasteiger partial charge on any atom is -0.357 e. The number of nitrogens with zero attached hydrogens (tertiary/aromatic N) is 2. The number of halogens is 1. The Balaban J connectivity index is 0.00000324. The summed E-state index contributed by atoms with van der Waals surface area (Å²) in [5.74, 6) is 0.909. The lowest BCUT2D eigenvalue weighted by Gasteiger charge is -2.10. The Hall–Kier alpha value is -0.370. The smallest absolute Gasteiger partial charge is 0.191 e. The summed E-state index contributed by atoms with van der Waals surface area (Å²) in [5, 5.41) is 7.78. The van der Waals surface area contributed by atoms with E-state index in [-0.39, 0.29) is 24.0 Å². The van der Waals surface area contributed by atoms with Crippen LogP contribution in [0.1, 0.15) is 37.1 Å². The van der Waals surface area contributed by atoms with Crippen LogP contribution in [0, 0.1) is 0 Å². The quantitative estimate of drug-likeness (QED) is 0.423. The summed E-state index contributed by atoms with van der Waals surface area (Å²) in [6.45, 7) is 9.02. The Morgan fingerprint density at radius 3 is 2.68 bits per heavy atom. The van der Waals surface area contributed by atoms with E-state index in [0.29, 0.717) is 0 Å². The minimum atomic E-state index is 0. The van der Waals surface area contributed by atoms with Gasteiger partial charge < -0.3 is 10.6 Å². The highest BCUT2D eigenvalue weighted by Gasteiger charge is 2.01. The third-order valence-electron chi connectivity index (χ3n) is 2.42. The summed E-state index contributed by atoms with van der Waals surface area (Å²) < 4.78 is 0. The largest absolute Gasteiger partial charge is 0.357 e. The van der Waals surface area contributed by atoms with Gasteiger partial charge in [-0.1, -0.05) is 13.8 Å². The standard InChI is InChI=1S/C13H24N4S.HI/c1-4-8-15-13(14-6-3)16-9-7-12-17-10-11(5-2)18-12;/h10H,4-9H2,1-3H3,(H2,14,15,16);1H. The molecule has 0 aliphatic heterocycles. The topological polar surface area (TPSA) is 49.3 Å². The molecule has 1 aromatic rings. The van der Waals surface area contributed by atoms with E-state index >= 15 is 0 Å². The fourth-order valence-electron chi connectivity index (χ4n) is 1.48. The molecular weight excluding hydrogens is 371 g/mol. The lowest BCUT2D eigenvalue weighted by molar-refractivity contribution is 0.791. The molecule has 0 fully saturated rings. The predicted molar refractivity (Wildman–Crippen MR) is 94.9 cm³/mol. The molecule has 0 aliphatic carbocycles. The van der Waals surface area contributed by atoms with Crippen LogP contribution < -0.4 is 10.6 Å². The molecule has 110 valence electrons. The summed E-state index contributed by atoms with van der Waals surface area (Å²) >= 11 is 1.80. The van der Waals surface area contributed by atoms with Gasteiger partial charge in [0.05, 0.1) is 5.01 Å². The number of guanidine groups is 1. The Bertz CT molecular complexity index is 365. The number of hydrogen-bond acceptors (Lipinski definition) is 3. The van der Waals surface area contributed by atoms with Gasteiger partial charge in [0.25, 0.3) is 0 Å². The van der Waals surface area contributed by atoms with Gasteiger partial charge in [-0.3, -0.25) is 4.99 Å². The highest BCUT2D eigenvalue weighted by atomic mass is 127. The van der Waals surface area contributed by atoms with Gasteiger partial charge in [0, 0.05) is 37.1 Å². The van der Waals surface area contributed by atoms with Crippen molar-refractivity contribution in [1.29, 1.82) is 0 Å². The van der Waals surface area contributed by atoms with Crippen molar-refractivity contribution in [2.75, 3.05) is 19.6 Å². The van der Waals surface area contributed by atoms with Crippen molar-refractivity contribution in [2.24, 2.45) is 4.99 Å². The van der Waals surface area contributed by atoms with E-state index in [1.54, 1.807) is 11.3 Å². The molecule has 2 N–H and O–H groups in total. The number of aliphatic imine (C=N–C) groups is 1. The van der Waals surface area contributed by atoms with E-state index in [1.165, 1.54) is 9.88 Å². The zero-order valence-corrected chi connectivity index (χ0v) is 15.2. The van der Waals surface area contributed by atoms with E-state index in [9.17, 15) is 0 Å². The van der Waals surface area contributed by atoms with Gasteiger partial charge in [-0.25, -0.2) is 4.98 Å². The molecule has 0 spiro atoms. The predicted octanol–water partition coefficient (Wildman–Crippen LogP) is 2.83. The maximum Gasteiger partial charge on any atom is 0.191 e. The second-order valence-electron chi connectivity index (χ2n) is 4.01. The molecule has 0 radical (unpaired) electrons. The normalized spacial score (nSPS) is 11.0. The second-order valence-corrected chi connectivity index (χ2v) is 5.21. The van der Waals surface area contributed by atoms with Crippen LogP contribution in [0.3, 0.4) is 0 Å². The molecule has 0 bridgehead atoms. The monoisotopic (exact) mass is 396 g/mol. The van der Waals surface area contributed by atoms with E-state index in [4.69, 9.17) is 0 Å². The van der Waals surface area contributed by atoms with Gasteiger partial charge in [-0.05, 0) is 19.8 Å². The van der Waals surface area contributed by atoms with Crippen LogP contribution >= 0.6 is 35.3 Å². The SMILES string of the molecule is CCCN=C(NCC)NCCc1ncc(CC)s1.I. The van der Waals surface area contributed by atoms with Crippen molar-refractivity contribution in [3.05, 3.63) is 16.1 Å². The molecule has 0 unspecified atom stereocenters. The number of nitrogens with one attached hydrogen (secondary N) is 2. The summed E-state index contributed by atoms with van der Waals surface area (Å²) in [4.78, 5) is 10.2. The number of aromatic nitrogens is 1. The first kappa shape index (κ1) is 18.6. The fourth-order valence-corrected chi connectivity index (χ4v) is 2.34. The lowest BCUT2D eigenvalue weighted by Crippen LogP contribution is -2.38. The Morgan fingerprint density at radius 2 is 2.11 bits per heavy atom. The first-order chi connectivity index (χ1) is 8.80.